The van der Waals surface area contributed by atoms with Gasteiger partial charge < -0.3 is 9.64 Å². The lowest BCUT2D eigenvalue weighted by Gasteiger charge is -2.37. The van der Waals surface area contributed by atoms with Gasteiger partial charge in [-0.1, -0.05) is 11.6 Å². The van der Waals surface area contributed by atoms with Crippen LogP contribution in [0.1, 0.15) is 43.2 Å². The number of benzene rings is 1. The van der Waals surface area contributed by atoms with Gasteiger partial charge in [-0.25, -0.2) is 14.4 Å². The van der Waals surface area contributed by atoms with E-state index in [1.165, 1.54) is 18.9 Å². The minimum absolute atomic E-state index is 0.0140. The number of aryl methyl sites for hydroxylation is 1. The molecular formula is C25H24ClFN6O. The molecule has 174 valence electrons. The van der Waals surface area contributed by atoms with E-state index in [9.17, 15) is 4.39 Å². The van der Waals surface area contributed by atoms with Crippen LogP contribution in [0.2, 0.25) is 5.02 Å². The number of morpholine rings is 1. The summed E-state index contributed by atoms with van der Waals surface area (Å²) in [5.74, 6) is 0.271. The molecule has 0 bridgehead atoms. The highest BCUT2D eigenvalue weighted by molar-refractivity contribution is 6.30. The molecule has 1 saturated carbocycles. The number of hydrogen-bond donors (Lipinski definition) is 0. The van der Waals surface area contributed by atoms with Crippen molar-refractivity contribution in [2.45, 2.75) is 44.9 Å². The fourth-order valence-electron chi connectivity index (χ4n) is 4.51. The van der Waals surface area contributed by atoms with Gasteiger partial charge in [-0.15, -0.1) is 0 Å². The van der Waals surface area contributed by atoms with Gasteiger partial charge in [0.15, 0.2) is 0 Å². The highest BCUT2D eigenvalue weighted by Crippen LogP contribution is 2.37. The number of fused-ring (bicyclic) bond motifs is 1. The summed E-state index contributed by atoms with van der Waals surface area (Å²) in [7, 11) is 0. The lowest BCUT2D eigenvalue weighted by molar-refractivity contribution is -0.0176. The summed E-state index contributed by atoms with van der Waals surface area (Å²) in [4.78, 5) is 16.3. The number of halogens is 2. The summed E-state index contributed by atoms with van der Waals surface area (Å²) < 4.78 is 23.2. The molecule has 1 saturated heterocycles. The minimum Gasteiger partial charge on any atom is -0.367 e. The third-order valence-corrected chi connectivity index (χ3v) is 6.56. The lowest BCUT2D eigenvalue weighted by Crippen LogP contribution is -2.43. The minimum atomic E-state index is -0.443. The predicted molar refractivity (Wildman–Crippen MR) is 128 cm³/mol. The average molecular weight is 479 g/mol. The Balaban J connectivity index is 1.41. The van der Waals surface area contributed by atoms with Gasteiger partial charge in [-0.05, 0) is 44.9 Å². The molecule has 4 aromatic rings. The van der Waals surface area contributed by atoms with Crippen LogP contribution in [0.4, 0.5) is 10.2 Å². The number of hydrogen-bond acceptors (Lipinski definition) is 6. The maximum absolute atomic E-state index is 14.9. The molecule has 7 nitrogen and oxygen atoms in total. The van der Waals surface area contributed by atoms with Crippen LogP contribution in [0.15, 0.2) is 42.9 Å². The molecule has 1 aliphatic heterocycles. The van der Waals surface area contributed by atoms with Crippen molar-refractivity contribution in [2.24, 2.45) is 0 Å². The van der Waals surface area contributed by atoms with Crippen molar-refractivity contribution in [2.75, 3.05) is 18.0 Å². The third kappa shape index (κ3) is 4.01. The van der Waals surface area contributed by atoms with E-state index >= 15 is 0 Å². The number of nitrogens with zero attached hydrogens (tertiary/aromatic N) is 6. The normalized spacial score (nSPS) is 20.8. The molecule has 4 heterocycles. The predicted octanol–water partition coefficient (Wildman–Crippen LogP) is 5.29. The van der Waals surface area contributed by atoms with E-state index in [1.807, 2.05) is 23.9 Å². The Kier molecular flexibility index (Phi) is 5.22. The van der Waals surface area contributed by atoms with Crippen LogP contribution < -0.4 is 4.90 Å². The van der Waals surface area contributed by atoms with Crippen LogP contribution in [0, 0.1) is 12.7 Å². The number of aromatic nitrogens is 5. The maximum atomic E-state index is 14.9. The summed E-state index contributed by atoms with van der Waals surface area (Å²) in [5.41, 5.74) is 3.87. The molecule has 6 rings (SSSR count). The number of rotatable bonds is 4. The molecule has 3 aromatic heterocycles. The molecule has 0 unspecified atom stereocenters. The van der Waals surface area contributed by atoms with E-state index in [2.05, 4.69) is 33.1 Å². The van der Waals surface area contributed by atoms with Crippen molar-refractivity contribution >= 4 is 28.5 Å². The Hall–Kier alpha value is -3.10. The van der Waals surface area contributed by atoms with Gasteiger partial charge in [-0.2, -0.15) is 5.10 Å². The summed E-state index contributed by atoms with van der Waals surface area (Å²) in [6, 6.07) is 7.04. The zero-order valence-electron chi connectivity index (χ0n) is 18.9. The van der Waals surface area contributed by atoms with Gasteiger partial charge in [0.25, 0.3) is 0 Å². The molecular weight excluding hydrogens is 455 g/mol. The van der Waals surface area contributed by atoms with Gasteiger partial charge in [0.1, 0.15) is 28.9 Å². The molecule has 0 N–H and O–H groups in total. The molecule has 2 atom stereocenters. The second kappa shape index (κ2) is 8.29. The SMILES string of the molecule is Cc1cnc2c(-c3ccc(Cl)cc3F)nc(N3C[C@@H](C)O[C@H](c4cnn(C5CC5)c4)C3)cc2n1. The lowest BCUT2D eigenvalue weighted by atomic mass is 10.1. The first kappa shape index (κ1) is 21.4. The standard InChI is InChI=1S/C25H24ClFN6O/c1-14-9-28-25-21(30-14)8-23(31-24(25)19-6-3-17(26)7-20(19)27)32-11-15(2)34-22(13-32)16-10-29-33(12-16)18-4-5-18/h3,6-10,12,15,18,22H,4-5,11,13H2,1-2H3/t15-,22+/m1/s1. The Morgan fingerprint density at radius 2 is 1.97 bits per heavy atom. The maximum Gasteiger partial charge on any atom is 0.134 e. The van der Waals surface area contributed by atoms with E-state index in [1.54, 1.807) is 18.3 Å². The number of pyridine rings is 1. The van der Waals surface area contributed by atoms with Gasteiger partial charge in [0.05, 0.1) is 36.1 Å². The first-order valence-corrected chi connectivity index (χ1v) is 11.9. The van der Waals surface area contributed by atoms with Crippen molar-refractivity contribution < 1.29 is 9.13 Å². The topological polar surface area (TPSA) is 69.0 Å². The van der Waals surface area contributed by atoms with E-state index in [4.69, 9.17) is 21.3 Å². The first-order chi connectivity index (χ1) is 16.4. The van der Waals surface area contributed by atoms with Crippen LogP contribution in [0.5, 0.6) is 0 Å². The van der Waals surface area contributed by atoms with E-state index < -0.39 is 5.82 Å². The average Bonchev–Trinajstić information content (AvgIpc) is 3.54. The summed E-state index contributed by atoms with van der Waals surface area (Å²) in [5, 5.41) is 4.86. The van der Waals surface area contributed by atoms with Crippen molar-refractivity contribution in [3.05, 3.63) is 65.0 Å². The van der Waals surface area contributed by atoms with E-state index in [0.717, 1.165) is 11.3 Å². The molecule has 9 heteroatoms. The molecule has 0 amide bonds. The Labute approximate surface area is 201 Å². The van der Waals surface area contributed by atoms with Crippen molar-refractivity contribution in [3.63, 3.8) is 0 Å². The summed E-state index contributed by atoms with van der Waals surface area (Å²) >= 11 is 5.99. The fraction of sp³-hybridized carbons (Fsp3) is 0.360. The highest BCUT2D eigenvalue weighted by Gasteiger charge is 2.31. The number of ether oxygens (including phenoxy) is 1. The van der Waals surface area contributed by atoms with Gasteiger partial charge in [0, 0.05) is 41.2 Å². The molecule has 34 heavy (non-hydrogen) atoms. The molecule has 2 fully saturated rings. The Morgan fingerprint density at radius 3 is 2.76 bits per heavy atom. The van der Waals surface area contributed by atoms with Gasteiger partial charge in [0.2, 0.25) is 0 Å². The Bertz CT molecular complexity index is 1390. The zero-order valence-corrected chi connectivity index (χ0v) is 19.7. The third-order valence-electron chi connectivity index (χ3n) is 6.32. The van der Waals surface area contributed by atoms with Crippen molar-refractivity contribution in [1.82, 2.24) is 24.7 Å². The van der Waals surface area contributed by atoms with Crippen molar-refractivity contribution in [1.29, 1.82) is 0 Å². The largest absolute Gasteiger partial charge is 0.367 e. The molecule has 2 aliphatic rings. The molecule has 1 aromatic carbocycles. The first-order valence-electron chi connectivity index (χ1n) is 11.5. The van der Waals surface area contributed by atoms with E-state index in [0.29, 0.717) is 52.3 Å². The molecule has 0 radical (unpaired) electrons. The second-order valence-corrected chi connectivity index (χ2v) is 9.59. The second-order valence-electron chi connectivity index (χ2n) is 9.16. The smallest absolute Gasteiger partial charge is 0.134 e. The van der Waals surface area contributed by atoms with Gasteiger partial charge in [-0.3, -0.25) is 9.67 Å². The van der Waals surface area contributed by atoms with Crippen molar-refractivity contribution in [3.8, 4) is 11.3 Å². The Morgan fingerprint density at radius 1 is 1.12 bits per heavy atom. The van der Waals surface area contributed by atoms with Crippen LogP contribution in [0.3, 0.4) is 0 Å². The van der Waals surface area contributed by atoms with Crippen LogP contribution in [-0.2, 0) is 4.74 Å². The van der Waals surface area contributed by atoms with Crippen LogP contribution in [-0.4, -0.2) is 43.9 Å². The quantitative estimate of drug-likeness (QED) is 0.397. The van der Waals surface area contributed by atoms with Gasteiger partial charge >= 0.3 is 0 Å². The van der Waals surface area contributed by atoms with Crippen LogP contribution >= 0.6 is 11.6 Å². The highest BCUT2D eigenvalue weighted by atomic mass is 35.5. The monoisotopic (exact) mass is 478 g/mol. The zero-order chi connectivity index (χ0) is 23.4. The summed E-state index contributed by atoms with van der Waals surface area (Å²) in [6.07, 6.45) is 7.88. The van der Waals surface area contributed by atoms with Crippen LogP contribution in [0.25, 0.3) is 22.3 Å². The molecule has 0 spiro atoms. The molecule has 1 aliphatic carbocycles. The summed E-state index contributed by atoms with van der Waals surface area (Å²) in [6.45, 7) is 5.21. The number of anilines is 1. The van der Waals surface area contributed by atoms with E-state index in [-0.39, 0.29) is 12.2 Å². The fourth-order valence-corrected chi connectivity index (χ4v) is 4.67.